The molecule has 0 aromatic rings. The quantitative estimate of drug-likeness (QED) is 0.545. The summed E-state index contributed by atoms with van der Waals surface area (Å²) in [7, 11) is 0. The van der Waals surface area contributed by atoms with Gasteiger partial charge in [-0.1, -0.05) is 46.8 Å². The van der Waals surface area contributed by atoms with Gasteiger partial charge in [-0.15, -0.1) is 0 Å². The molecule has 0 unspecified atom stereocenters. The van der Waals surface area contributed by atoms with Crippen molar-refractivity contribution in [3.05, 3.63) is 12.2 Å². The molecular formula is C12H24. The minimum Gasteiger partial charge on any atom is -0.0885 e. The van der Waals surface area contributed by atoms with E-state index in [9.17, 15) is 0 Å². The van der Waals surface area contributed by atoms with Crippen LogP contribution in [0.2, 0.25) is 0 Å². The van der Waals surface area contributed by atoms with Crippen molar-refractivity contribution in [1.29, 1.82) is 0 Å². The first-order chi connectivity index (χ1) is 5.42. The molecule has 0 saturated heterocycles. The lowest BCUT2D eigenvalue weighted by Gasteiger charge is -2.15. The van der Waals surface area contributed by atoms with E-state index in [1.807, 2.05) is 0 Å². The van der Waals surface area contributed by atoms with Crippen molar-refractivity contribution in [2.75, 3.05) is 0 Å². The van der Waals surface area contributed by atoms with Gasteiger partial charge in [0.1, 0.15) is 0 Å². The van der Waals surface area contributed by atoms with Crippen LogP contribution < -0.4 is 0 Å². The maximum absolute atomic E-state index is 2.32. The Morgan fingerprint density at radius 2 is 1.67 bits per heavy atom. The fourth-order valence-corrected chi connectivity index (χ4v) is 1.00. The van der Waals surface area contributed by atoms with E-state index in [2.05, 4.69) is 46.8 Å². The van der Waals surface area contributed by atoms with E-state index in [0.717, 1.165) is 5.92 Å². The average Bonchev–Trinajstić information content (AvgIpc) is 1.83. The Kier molecular flexibility index (Phi) is 5.28. The van der Waals surface area contributed by atoms with Crippen molar-refractivity contribution in [3.63, 3.8) is 0 Å². The first kappa shape index (κ1) is 11.7. The van der Waals surface area contributed by atoms with Gasteiger partial charge in [0.2, 0.25) is 0 Å². The van der Waals surface area contributed by atoms with Crippen molar-refractivity contribution in [2.45, 2.75) is 53.9 Å². The summed E-state index contributed by atoms with van der Waals surface area (Å²) in [6, 6.07) is 0. The van der Waals surface area contributed by atoms with Gasteiger partial charge >= 0.3 is 0 Å². The zero-order chi connectivity index (χ0) is 9.61. The third-order valence-corrected chi connectivity index (χ3v) is 1.84. The van der Waals surface area contributed by atoms with Crippen molar-refractivity contribution < 1.29 is 0 Å². The predicted molar refractivity (Wildman–Crippen MR) is 57.3 cm³/mol. The molecule has 0 atom stereocenters. The molecule has 0 fully saturated rings. The van der Waals surface area contributed by atoms with E-state index < -0.39 is 0 Å². The largest absolute Gasteiger partial charge is 0.0885 e. The van der Waals surface area contributed by atoms with Crippen LogP contribution in [0.25, 0.3) is 0 Å². The van der Waals surface area contributed by atoms with Crippen LogP contribution in [-0.4, -0.2) is 0 Å². The molecular weight excluding hydrogens is 144 g/mol. The second-order valence-corrected chi connectivity index (χ2v) is 5.20. The molecule has 12 heavy (non-hydrogen) atoms. The number of hydrogen-bond donors (Lipinski definition) is 0. The zero-order valence-electron chi connectivity index (χ0n) is 9.35. The van der Waals surface area contributed by atoms with E-state index in [4.69, 9.17) is 0 Å². The van der Waals surface area contributed by atoms with Gasteiger partial charge in [0, 0.05) is 0 Å². The smallest absolute Gasteiger partial charge is 0.0327 e. The predicted octanol–water partition coefficient (Wildman–Crippen LogP) is 4.42. The van der Waals surface area contributed by atoms with Crippen molar-refractivity contribution in [2.24, 2.45) is 11.3 Å². The highest BCUT2D eigenvalue weighted by atomic mass is 14.1. The summed E-state index contributed by atoms with van der Waals surface area (Å²) in [5, 5.41) is 0. The summed E-state index contributed by atoms with van der Waals surface area (Å²) in [6.07, 6.45) is 8.39. The van der Waals surface area contributed by atoms with Crippen LogP contribution in [-0.2, 0) is 0 Å². The topological polar surface area (TPSA) is 0 Å². The third-order valence-electron chi connectivity index (χ3n) is 1.84. The van der Waals surface area contributed by atoms with Gasteiger partial charge in [0.25, 0.3) is 0 Å². The van der Waals surface area contributed by atoms with Crippen LogP contribution in [0.15, 0.2) is 12.2 Å². The van der Waals surface area contributed by atoms with Gasteiger partial charge in [0.15, 0.2) is 0 Å². The summed E-state index contributed by atoms with van der Waals surface area (Å²) in [5.74, 6) is 0.802. The van der Waals surface area contributed by atoms with E-state index >= 15 is 0 Å². The SMILES string of the molecule is CC(C)C/C=C\CCC(C)(C)C. The van der Waals surface area contributed by atoms with E-state index in [1.165, 1.54) is 19.3 Å². The Hall–Kier alpha value is -0.260. The highest BCUT2D eigenvalue weighted by Crippen LogP contribution is 2.20. The highest BCUT2D eigenvalue weighted by Gasteiger charge is 2.07. The lowest BCUT2D eigenvalue weighted by atomic mass is 9.90. The molecule has 0 aliphatic rings. The Bertz CT molecular complexity index is 123. The second-order valence-electron chi connectivity index (χ2n) is 5.20. The minimum atomic E-state index is 0.488. The summed E-state index contributed by atoms with van der Waals surface area (Å²) >= 11 is 0. The molecule has 0 aromatic carbocycles. The molecule has 0 bridgehead atoms. The average molecular weight is 168 g/mol. The van der Waals surface area contributed by atoms with Crippen LogP contribution >= 0.6 is 0 Å². The van der Waals surface area contributed by atoms with Crippen molar-refractivity contribution in [1.82, 2.24) is 0 Å². The summed E-state index contributed by atoms with van der Waals surface area (Å²) in [5.41, 5.74) is 0.488. The molecule has 0 spiro atoms. The van der Waals surface area contributed by atoms with Crippen LogP contribution in [0.5, 0.6) is 0 Å². The zero-order valence-corrected chi connectivity index (χ0v) is 9.35. The Morgan fingerprint density at radius 1 is 1.08 bits per heavy atom. The van der Waals surface area contributed by atoms with Gasteiger partial charge in [0.05, 0.1) is 0 Å². The maximum atomic E-state index is 2.32. The molecule has 0 aromatic heterocycles. The first-order valence-electron chi connectivity index (χ1n) is 5.07. The molecule has 72 valence electrons. The molecule has 0 radical (unpaired) electrons. The normalized spacial score (nSPS) is 13.2. The molecule has 0 saturated carbocycles. The monoisotopic (exact) mass is 168 g/mol. The molecule has 0 amide bonds. The summed E-state index contributed by atoms with van der Waals surface area (Å²) in [4.78, 5) is 0. The van der Waals surface area contributed by atoms with E-state index in [1.54, 1.807) is 0 Å². The Labute approximate surface area is 78.1 Å². The van der Waals surface area contributed by atoms with Crippen LogP contribution in [0, 0.1) is 11.3 Å². The lowest BCUT2D eigenvalue weighted by molar-refractivity contribution is 0.381. The summed E-state index contributed by atoms with van der Waals surface area (Å²) in [6.45, 7) is 11.4. The third kappa shape index (κ3) is 9.74. The van der Waals surface area contributed by atoms with Crippen molar-refractivity contribution >= 4 is 0 Å². The molecule has 0 aliphatic carbocycles. The Morgan fingerprint density at radius 3 is 2.08 bits per heavy atom. The van der Waals surface area contributed by atoms with Gasteiger partial charge in [-0.25, -0.2) is 0 Å². The fourth-order valence-electron chi connectivity index (χ4n) is 1.00. The number of allylic oxidation sites excluding steroid dienone is 2. The van der Waals surface area contributed by atoms with Crippen LogP contribution in [0.1, 0.15) is 53.9 Å². The van der Waals surface area contributed by atoms with E-state index in [0.29, 0.717) is 5.41 Å². The molecule has 0 heterocycles. The molecule has 0 nitrogen and oxygen atoms in total. The summed E-state index contributed by atoms with van der Waals surface area (Å²) < 4.78 is 0. The number of hydrogen-bond acceptors (Lipinski definition) is 0. The van der Waals surface area contributed by atoms with Gasteiger partial charge < -0.3 is 0 Å². The van der Waals surface area contributed by atoms with E-state index in [-0.39, 0.29) is 0 Å². The lowest BCUT2D eigenvalue weighted by Crippen LogP contribution is -2.02. The minimum absolute atomic E-state index is 0.488. The van der Waals surface area contributed by atoms with Crippen LogP contribution in [0.4, 0.5) is 0 Å². The molecule has 0 N–H and O–H groups in total. The molecule has 0 heteroatoms. The maximum Gasteiger partial charge on any atom is -0.0327 e. The standard InChI is InChI=1S/C12H24/c1-11(2)9-7-6-8-10-12(3,4)5/h6-7,11H,8-10H2,1-5H3/b7-6-. The van der Waals surface area contributed by atoms with Crippen LogP contribution in [0.3, 0.4) is 0 Å². The molecule has 0 rings (SSSR count). The first-order valence-corrected chi connectivity index (χ1v) is 5.07. The van der Waals surface area contributed by atoms with Gasteiger partial charge in [-0.3, -0.25) is 0 Å². The Balaban J connectivity index is 3.37. The second kappa shape index (κ2) is 5.40. The fraction of sp³-hybridized carbons (Fsp3) is 0.833. The number of rotatable bonds is 4. The van der Waals surface area contributed by atoms with Gasteiger partial charge in [-0.05, 0) is 30.6 Å². The molecule has 0 aliphatic heterocycles. The highest BCUT2D eigenvalue weighted by molar-refractivity contribution is 4.83. The van der Waals surface area contributed by atoms with Crippen molar-refractivity contribution in [3.8, 4) is 0 Å². The van der Waals surface area contributed by atoms with Gasteiger partial charge in [-0.2, -0.15) is 0 Å².